The van der Waals surface area contributed by atoms with E-state index in [9.17, 15) is 13.2 Å². The number of halogens is 3. The maximum atomic E-state index is 13.5. The number of fused-ring (bicyclic) bond motifs is 1. The van der Waals surface area contributed by atoms with Crippen LogP contribution in [-0.4, -0.2) is 24.0 Å². The van der Waals surface area contributed by atoms with E-state index < -0.39 is 17.5 Å². The topological polar surface area (TPSA) is 29.3 Å². The molecule has 21 heavy (non-hydrogen) atoms. The summed E-state index contributed by atoms with van der Waals surface area (Å²) in [6.45, 7) is 1.19. The van der Waals surface area contributed by atoms with E-state index in [1.807, 2.05) is 0 Å². The first-order chi connectivity index (χ1) is 10.1. The molecule has 2 aliphatic rings. The highest BCUT2D eigenvalue weighted by Gasteiger charge is 2.39. The number of nitrogens with zero attached hydrogens (tertiary/aromatic N) is 1. The van der Waals surface area contributed by atoms with Gasteiger partial charge in [-0.15, -0.1) is 0 Å². The van der Waals surface area contributed by atoms with Gasteiger partial charge < -0.3 is 5.73 Å². The van der Waals surface area contributed by atoms with E-state index in [0.29, 0.717) is 17.5 Å². The lowest BCUT2D eigenvalue weighted by Gasteiger charge is -2.37. The van der Waals surface area contributed by atoms with E-state index in [4.69, 9.17) is 5.73 Å². The van der Waals surface area contributed by atoms with Gasteiger partial charge in [-0.3, -0.25) is 4.90 Å². The molecule has 2 N–H and O–H groups in total. The Morgan fingerprint density at radius 2 is 1.76 bits per heavy atom. The number of nitrogens with two attached hydrogens (primary N) is 1. The van der Waals surface area contributed by atoms with Crippen molar-refractivity contribution in [3.63, 3.8) is 0 Å². The fourth-order valence-electron chi connectivity index (χ4n) is 4.06. The van der Waals surface area contributed by atoms with Gasteiger partial charge in [0.05, 0.1) is 0 Å². The molecule has 1 aromatic rings. The van der Waals surface area contributed by atoms with Crippen molar-refractivity contribution >= 4 is 0 Å². The minimum atomic E-state index is -1.41. The molecule has 1 aliphatic carbocycles. The molecule has 116 valence electrons. The van der Waals surface area contributed by atoms with Crippen molar-refractivity contribution < 1.29 is 13.2 Å². The van der Waals surface area contributed by atoms with Gasteiger partial charge in [-0.25, -0.2) is 13.2 Å². The zero-order chi connectivity index (χ0) is 15.0. The molecule has 5 heteroatoms. The molecule has 1 saturated heterocycles. The van der Waals surface area contributed by atoms with Crippen molar-refractivity contribution in [1.82, 2.24) is 4.90 Å². The van der Waals surface area contributed by atoms with Gasteiger partial charge in [0, 0.05) is 18.6 Å². The van der Waals surface area contributed by atoms with Crippen LogP contribution in [0, 0.1) is 23.4 Å². The summed E-state index contributed by atoms with van der Waals surface area (Å²) in [5, 5.41) is 0. The summed E-state index contributed by atoms with van der Waals surface area (Å²) in [5.41, 5.74) is 6.31. The van der Waals surface area contributed by atoms with Gasteiger partial charge in [0.2, 0.25) is 0 Å². The second kappa shape index (κ2) is 5.97. The Bertz CT molecular complexity index is 497. The molecule has 1 heterocycles. The van der Waals surface area contributed by atoms with Crippen molar-refractivity contribution in [3.05, 3.63) is 35.1 Å². The summed E-state index contributed by atoms with van der Waals surface area (Å²) >= 11 is 0. The second-order valence-electron chi connectivity index (χ2n) is 6.19. The quantitative estimate of drug-likeness (QED) is 0.867. The average Bonchev–Trinajstić information content (AvgIpc) is 2.90. The Labute approximate surface area is 123 Å². The fourth-order valence-corrected chi connectivity index (χ4v) is 4.06. The number of hydrogen-bond donors (Lipinski definition) is 1. The molecule has 0 radical (unpaired) electrons. The number of rotatable bonds is 3. The van der Waals surface area contributed by atoms with Crippen LogP contribution in [0.3, 0.4) is 0 Å². The molecular weight excluding hydrogens is 277 g/mol. The lowest BCUT2D eigenvalue weighted by atomic mass is 9.84. The zero-order valence-electron chi connectivity index (χ0n) is 12.0. The molecule has 3 unspecified atom stereocenters. The molecular formula is C16H21F3N2. The lowest BCUT2D eigenvalue weighted by Crippen LogP contribution is -2.40. The van der Waals surface area contributed by atoms with E-state index >= 15 is 0 Å². The van der Waals surface area contributed by atoms with Crippen LogP contribution < -0.4 is 5.73 Å². The van der Waals surface area contributed by atoms with Gasteiger partial charge in [-0.1, -0.05) is 12.8 Å². The maximum Gasteiger partial charge on any atom is 0.194 e. The summed E-state index contributed by atoms with van der Waals surface area (Å²) in [7, 11) is 0. The Hall–Kier alpha value is -1.07. The summed E-state index contributed by atoms with van der Waals surface area (Å²) < 4.78 is 40.1. The van der Waals surface area contributed by atoms with Crippen LogP contribution in [0.25, 0.3) is 0 Å². The molecule has 0 aromatic heterocycles. The van der Waals surface area contributed by atoms with Gasteiger partial charge in [0.15, 0.2) is 17.5 Å². The van der Waals surface area contributed by atoms with Crippen molar-refractivity contribution in [2.24, 2.45) is 11.7 Å². The third kappa shape index (κ3) is 2.69. The van der Waals surface area contributed by atoms with E-state index in [1.54, 1.807) is 0 Å². The minimum absolute atomic E-state index is 0.234. The smallest absolute Gasteiger partial charge is 0.194 e. The summed E-state index contributed by atoms with van der Waals surface area (Å²) in [4.78, 5) is 2.27. The first-order valence-electron chi connectivity index (χ1n) is 7.72. The van der Waals surface area contributed by atoms with Crippen LogP contribution in [-0.2, 0) is 0 Å². The highest BCUT2D eigenvalue weighted by atomic mass is 19.2. The molecule has 3 atom stereocenters. The summed E-state index contributed by atoms with van der Waals surface area (Å²) in [6, 6.07) is 2.39. The lowest BCUT2D eigenvalue weighted by molar-refractivity contribution is 0.135. The largest absolute Gasteiger partial charge is 0.329 e. The number of hydrogen-bond acceptors (Lipinski definition) is 2. The molecule has 1 saturated carbocycles. The predicted octanol–water partition coefficient (Wildman–Crippen LogP) is 3.37. The van der Waals surface area contributed by atoms with E-state index in [0.717, 1.165) is 31.5 Å². The fraction of sp³-hybridized carbons (Fsp3) is 0.625. The van der Waals surface area contributed by atoms with Gasteiger partial charge >= 0.3 is 0 Å². The molecule has 1 aromatic carbocycles. The molecule has 2 nitrogen and oxygen atoms in total. The van der Waals surface area contributed by atoms with Crippen LogP contribution in [0.2, 0.25) is 0 Å². The summed E-state index contributed by atoms with van der Waals surface area (Å²) in [5.74, 6) is -3.01. The molecule has 0 bridgehead atoms. The van der Waals surface area contributed by atoms with Crippen molar-refractivity contribution in [1.29, 1.82) is 0 Å². The zero-order valence-corrected chi connectivity index (χ0v) is 12.0. The van der Waals surface area contributed by atoms with Crippen LogP contribution in [0.1, 0.15) is 43.7 Å². The Morgan fingerprint density at radius 1 is 1.10 bits per heavy atom. The van der Waals surface area contributed by atoms with Crippen LogP contribution >= 0.6 is 0 Å². The summed E-state index contributed by atoms with van der Waals surface area (Å²) in [6.07, 6.45) is 5.93. The number of benzene rings is 1. The third-order valence-corrected chi connectivity index (χ3v) is 5.07. The Balaban J connectivity index is 1.88. The first kappa shape index (κ1) is 14.9. The van der Waals surface area contributed by atoms with Crippen LogP contribution in [0.5, 0.6) is 0 Å². The molecule has 0 spiro atoms. The molecule has 0 amide bonds. The van der Waals surface area contributed by atoms with Gasteiger partial charge in [0.25, 0.3) is 0 Å². The molecule has 2 fully saturated rings. The Morgan fingerprint density at radius 3 is 2.43 bits per heavy atom. The first-order valence-corrected chi connectivity index (χ1v) is 7.72. The van der Waals surface area contributed by atoms with Crippen LogP contribution in [0.4, 0.5) is 13.2 Å². The van der Waals surface area contributed by atoms with Gasteiger partial charge in [0.1, 0.15) is 0 Å². The SMILES string of the molecule is NCC(c1cc(F)c(F)c(F)c1)N1CCC2CCCCC21. The minimum Gasteiger partial charge on any atom is -0.329 e. The van der Waals surface area contributed by atoms with E-state index in [1.165, 1.54) is 19.3 Å². The standard InChI is InChI=1S/C16H21F3N2/c17-12-7-11(8-13(18)16(12)19)15(9-20)21-6-5-10-3-1-2-4-14(10)21/h7-8,10,14-15H,1-6,9,20H2. The van der Waals surface area contributed by atoms with Crippen molar-refractivity contribution in [2.75, 3.05) is 13.1 Å². The molecule has 3 rings (SSSR count). The average molecular weight is 298 g/mol. The van der Waals surface area contributed by atoms with Gasteiger partial charge in [-0.2, -0.15) is 0 Å². The highest BCUT2D eigenvalue weighted by molar-refractivity contribution is 5.24. The van der Waals surface area contributed by atoms with E-state index in [2.05, 4.69) is 4.90 Å². The van der Waals surface area contributed by atoms with Gasteiger partial charge in [-0.05, 0) is 49.4 Å². The van der Waals surface area contributed by atoms with Crippen molar-refractivity contribution in [2.45, 2.75) is 44.2 Å². The van der Waals surface area contributed by atoms with Crippen LogP contribution in [0.15, 0.2) is 12.1 Å². The third-order valence-electron chi connectivity index (χ3n) is 5.07. The normalized spacial score (nSPS) is 27.6. The predicted molar refractivity (Wildman–Crippen MR) is 75.2 cm³/mol. The molecule has 1 aliphatic heterocycles. The Kier molecular flexibility index (Phi) is 4.22. The second-order valence-corrected chi connectivity index (χ2v) is 6.19. The van der Waals surface area contributed by atoms with Crippen molar-refractivity contribution in [3.8, 4) is 0 Å². The van der Waals surface area contributed by atoms with E-state index in [-0.39, 0.29) is 12.6 Å². The monoisotopic (exact) mass is 298 g/mol. The highest BCUT2D eigenvalue weighted by Crippen LogP contribution is 2.40. The number of likely N-dealkylation sites (tertiary alicyclic amines) is 1. The maximum absolute atomic E-state index is 13.5.